The Bertz CT molecular complexity index is 1020. The zero-order valence-electron chi connectivity index (χ0n) is 17.1. The number of carbonyl (C=O) groups is 3. The molecule has 2 aromatic rings. The summed E-state index contributed by atoms with van der Waals surface area (Å²) in [6.07, 6.45) is -5.52. The first kappa shape index (κ1) is 26.0. The van der Waals surface area contributed by atoms with E-state index in [1.165, 1.54) is 0 Å². The van der Waals surface area contributed by atoms with Crippen LogP contribution < -0.4 is 0 Å². The molecule has 0 bridgehead atoms. The third-order valence-corrected chi connectivity index (χ3v) is 4.39. The molecule has 34 heavy (non-hydrogen) atoms. The summed E-state index contributed by atoms with van der Waals surface area (Å²) in [5.41, 5.74) is -1.05. The first-order valence-corrected chi connectivity index (χ1v) is 9.24. The Morgan fingerprint density at radius 3 is 1.53 bits per heavy atom. The molecule has 0 fully saturated rings. The molecule has 0 aliphatic carbocycles. The molecule has 0 spiro atoms. The predicted molar refractivity (Wildman–Crippen MR) is 106 cm³/mol. The van der Waals surface area contributed by atoms with E-state index in [2.05, 4.69) is 0 Å². The number of aldehydes is 1. The lowest BCUT2D eigenvalue weighted by Gasteiger charge is -2.29. The van der Waals surface area contributed by atoms with Gasteiger partial charge in [0, 0.05) is 0 Å². The molecule has 2 aromatic carbocycles. The number of phenols is 6. The van der Waals surface area contributed by atoms with Gasteiger partial charge in [0.05, 0.1) is 17.7 Å². The highest BCUT2D eigenvalue weighted by molar-refractivity contribution is 5.93. The number of hydrogen-bond acceptors (Lipinski definition) is 14. The highest BCUT2D eigenvalue weighted by atomic mass is 16.6. The first-order valence-electron chi connectivity index (χ1n) is 9.24. The molecule has 0 unspecified atom stereocenters. The summed E-state index contributed by atoms with van der Waals surface area (Å²) in [5, 5.41) is 75.6. The zero-order valence-corrected chi connectivity index (χ0v) is 17.1. The molecule has 184 valence electrons. The minimum absolute atomic E-state index is 0.00880. The van der Waals surface area contributed by atoms with Crippen LogP contribution in [0.25, 0.3) is 0 Å². The van der Waals surface area contributed by atoms with E-state index < -0.39 is 89.3 Å². The quantitative estimate of drug-likeness (QED) is 0.0891. The number of phenolic OH excluding ortho intramolecular Hbond substituents is 6. The fourth-order valence-corrected chi connectivity index (χ4v) is 2.70. The van der Waals surface area contributed by atoms with Gasteiger partial charge in [0.1, 0.15) is 12.9 Å². The molecule has 0 aromatic heterocycles. The van der Waals surface area contributed by atoms with Gasteiger partial charge >= 0.3 is 11.9 Å². The van der Waals surface area contributed by atoms with Gasteiger partial charge < -0.3 is 55.1 Å². The molecule has 0 heterocycles. The Hall–Kier alpha value is -4.27. The molecule has 0 aliphatic heterocycles. The fourth-order valence-electron chi connectivity index (χ4n) is 2.70. The number of rotatable bonds is 10. The van der Waals surface area contributed by atoms with Crippen molar-refractivity contribution in [1.29, 1.82) is 0 Å². The number of aromatic hydroxyl groups is 6. The lowest BCUT2D eigenvalue weighted by molar-refractivity contribution is -0.152. The van der Waals surface area contributed by atoms with Gasteiger partial charge in [0.2, 0.25) is 0 Å². The van der Waals surface area contributed by atoms with Crippen LogP contribution in [0.5, 0.6) is 34.5 Å². The van der Waals surface area contributed by atoms with Crippen molar-refractivity contribution in [3.63, 3.8) is 0 Å². The molecule has 14 nitrogen and oxygen atoms in total. The van der Waals surface area contributed by atoms with Crippen LogP contribution in [0.2, 0.25) is 0 Å². The average molecular weight is 484 g/mol. The molecule has 0 saturated heterocycles. The summed E-state index contributed by atoms with van der Waals surface area (Å²) in [6.45, 7) is -1.97. The number of benzene rings is 2. The maximum Gasteiger partial charge on any atom is 0.339 e. The maximum absolute atomic E-state index is 12.5. The van der Waals surface area contributed by atoms with E-state index in [0.29, 0.717) is 24.3 Å². The topological polar surface area (TPSA) is 241 Å². The van der Waals surface area contributed by atoms with Crippen LogP contribution in [0.1, 0.15) is 20.7 Å². The molecular formula is C20H20O14. The Kier molecular flexibility index (Phi) is 8.44. The van der Waals surface area contributed by atoms with E-state index in [9.17, 15) is 50.1 Å². The second-order valence-electron chi connectivity index (χ2n) is 6.62. The summed E-state index contributed by atoms with van der Waals surface area (Å²) in [4.78, 5) is 36.6. The average Bonchev–Trinajstić information content (AvgIpc) is 2.80. The third kappa shape index (κ3) is 5.74. The second-order valence-corrected chi connectivity index (χ2v) is 6.62. The molecule has 0 radical (unpaired) electrons. The molecule has 2 rings (SSSR count). The second kappa shape index (κ2) is 11.0. The molecule has 0 amide bonds. The normalized spacial score (nSPS) is 13.5. The standard InChI is InChI=1S/C20H20O14/c21-5-14(32-7-23)18(34-20(31)9-3-12(26)17(29)13(27)4-9)15(6-22)33-19(30)8-1-10(24)16(28)11(25)2-8/h1-4,6,14-15,18,21,23-29H,5,7H2/t14-,15+,18-/m1/s1. The van der Waals surface area contributed by atoms with Gasteiger partial charge in [-0.25, -0.2) is 9.59 Å². The highest BCUT2D eigenvalue weighted by Crippen LogP contribution is 2.37. The number of aliphatic hydroxyl groups is 2. The smallest absolute Gasteiger partial charge is 0.339 e. The van der Waals surface area contributed by atoms with Gasteiger partial charge in [-0.2, -0.15) is 0 Å². The SMILES string of the molecule is O=C[C@H](OC(=O)c1cc(O)c(O)c(O)c1)[C@H](OC(=O)c1cc(O)c(O)c(O)c1)[C@@H](CO)OCO. The summed E-state index contributed by atoms with van der Waals surface area (Å²) < 4.78 is 14.8. The number of esters is 2. The van der Waals surface area contributed by atoms with Crippen LogP contribution in [0.15, 0.2) is 24.3 Å². The van der Waals surface area contributed by atoms with Crippen LogP contribution in [0, 0.1) is 0 Å². The Labute approximate surface area is 190 Å². The van der Waals surface area contributed by atoms with Gasteiger partial charge in [0.15, 0.2) is 53.0 Å². The molecule has 14 heteroatoms. The van der Waals surface area contributed by atoms with Crippen molar-refractivity contribution in [2.24, 2.45) is 0 Å². The van der Waals surface area contributed by atoms with E-state index in [4.69, 9.17) is 19.3 Å². The van der Waals surface area contributed by atoms with Crippen molar-refractivity contribution >= 4 is 18.2 Å². The Morgan fingerprint density at radius 2 is 1.18 bits per heavy atom. The van der Waals surface area contributed by atoms with Gasteiger partial charge in [-0.1, -0.05) is 0 Å². The number of aliphatic hydroxyl groups excluding tert-OH is 2. The van der Waals surface area contributed by atoms with Crippen molar-refractivity contribution in [1.82, 2.24) is 0 Å². The minimum atomic E-state index is -1.99. The molecule has 0 saturated carbocycles. The molecular weight excluding hydrogens is 464 g/mol. The largest absolute Gasteiger partial charge is 0.504 e. The minimum Gasteiger partial charge on any atom is -0.504 e. The van der Waals surface area contributed by atoms with E-state index in [-0.39, 0.29) is 6.29 Å². The van der Waals surface area contributed by atoms with Crippen molar-refractivity contribution in [2.45, 2.75) is 18.3 Å². The summed E-state index contributed by atoms with van der Waals surface area (Å²) in [5.74, 6) is -8.08. The third-order valence-electron chi connectivity index (χ3n) is 4.39. The van der Waals surface area contributed by atoms with Crippen LogP contribution >= 0.6 is 0 Å². The maximum atomic E-state index is 12.5. The number of carbonyl (C=O) groups excluding carboxylic acids is 3. The van der Waals surface area contributed by atoms with Crippen molar-refractivity contribution in [3.8, 4) is 34.5 Å². The lowest BCUT2D eigenvalue weighted by Crippen LogP contribution is -2.47. The Morgan fingerprint density at radius 1 is 0.765 bits per heavy atom. The van der Waals surface area contributed by atoms with Crippen molar-refractivity contribution < 1.29 is 69.4 Å². The van der Waals surface area contributed by atoms with Crippen molar-refractivity contribution in [2.75, 3.05) is 13.4 Å². The summed E-state index contributed by atoms with van der Waals surface area (Å²) >= 11 is 0. The number of ether oxygens (including phenoxy) is 3. The Balaban J connectivity index is 2.36. The van der Waals surface area contributed by atoms with Crippen LogP contribution in [-0.2, 0) is 19.0 Å². The highest BCUT2D eigenvalue weighted by Gasteiger charge is 2.37. The van der Waals surface area contributed by atoms with Gasteiger partial charge in [0.25, 0.3) is 0 Å². The van der Waals surface area contributed by atoms with Gasteiger partial charge in [-0.3, -0.25) is 4.79 Å². The summed E-state index contributed by atoms with van der Waals surface area (Å²) in [7, 11) is 0. The predicted octanol–water partition coefficient (Wildman–Crippen LogP) is -0.803. The van der Waals surface area contributed by atoms with Crippen molar-refractivity contribution in [3.05, 3.63) is 35.4 Å². The first-order chi connectivity index (χ1) is 16.0. The van der Waals surface area contributed by atoms with E-state index in [1.807, 2.05) is 0 Å². The van der Waals surface area contributed by atoms with E-state index in [1.54, 1.807) is 0 Å². The lowest BCUT2D eigenvalue weighted by atomic mass is 10.1. The summed E-state index contributed by atoms with van der Waals surface area (Å²) in [6, 6.07) is 2.82. The van der Waals surface area contributed by atoms with Crippen LogP contribution in [0.4, 0.5) is 0 Å². The van der Waals surface area contributed by atoms with Crippen LogP contribution in [-0.4, -0.2) is 90.8 Å². The molecule has 3 atom stereocenters. The molecule has 8 N–H and O–H groups in total. The molecule has 0 aliphatic rings. The van der Waals surface area contributed by atoms with E-state index in [0.717, 1.165) is 0 Å². The zero-order chi connectivity index (χ0) is 25.6. The van der Waals surface area contributed by atoms with Crippen LogP contribution in [0.3, 0.4) is 0 Å². The van der Waals surface area contributed by atoms with E-state index >= 15 is 0 Å². The number of hydrogen-bond donors (Lipinski definition) is 8. The van der Waals surface area contributed by atoms with Gasteiger partial charge in [-0.05, 0) is 24.3 Å². The van der Waals surface area contributed by atoms with Gasteiger partial charge in [-0.15, -0.1) is 0 Å². The fraction of sp³-hybridized carbons (Fsp3) is 0.250. The monoisotopic (exact) mass is 484 g/mol.